The molecule has 0 amide bonds. The van der Waals surface area contributed by atoms with Gasteiger partial charge in [-0.25, -0.2) is 4.39 Å². The average Bonchev–Trinajstić information content (AvgIpc) is 2.28. The van der Waals surface area contributed by atoms with Crippen LogP contribution in [0.2, 0.25) is 0 Å². The number of phenols is 1. The number of allylic oxidation sites excluding steroid dienone is 2. The lowest BCUT2D eigenvalue weighted by atomic mass is 10.0. The summed E-state index contributed by atoms with van der Waals surface area (Å²) in [5, 5.41) is 20.2. The SMILES string of the molecule is Cc1cc(C(=O)/C=C/CF)c(O)c([N+](=O)[O-])c1. The molecule has 0 unspecified atom stereocenters. The van der Waals surface area contributed by atoms with E-state index in [0.29, 0.717) is 5.56 Å². The fourth-order valence-corrected chi connectivity index (χ4v) is 1.33. The second-order valence-electron chi connectivity index (χ2n) is 3.36. The number of aromatic hydroxyl groups is 1. The molecule has 1 aromatic rings. The smallest absolute Gasteiger partial charge is 0.311 e. The second kappa shape index (κ2) is 5.20. The fourth-order valence-electron chi connectivity index (χ4n) is 1.33. The number of nitro benzene ring substituents is 1. The molecular weight excluding hydrogens is 229 g/mol. The number of carbonyl (C=O) groups is 1. The van der Waals surface area contributed by atoms with Crippen LogP contribution >= 0.6 is 0 Å². The Hall–Kier alpha value is -2.24. The maximum absolute atomic E-state index is 11.8. The summed E-state index contributed by atoms with van der Waals surface area (Å²) in [4.78, 5) is 21.4. The number of aryl methyl sites for hydroxylation is 1. The Bertz CT molecular complexity index is 496. The molecule has 0 aliphatic carbocycles. The molecule has 6 heteroatoms. The van der Waals surface area contributed by atoms with Gasteiger partial charge in [-0.3, -0.25) is 14.9 Å². The molecule has 0 bridgehead atoms. The van der Waals surface area contributed by atoms with Gasteiger partial charge in [-0.2, -0.15) is 0 Å². The molecule has 0 aromatic heterocycles. The van der Waals surface area contributed by atoms with Gasteiger partial charge in [0.1, 0.15) is 6.67 Å². The van der Waals surface area contributed by atoms with E-state index in [4.69, 9.17) is 0 Å². The molecule has 0 aliphatic rings. The summed E-state index contributed by atoms with van der Waals surface area (Å²) in [6.07, 6.45) is 1.90. The zero-order chi connectivity index (χ0) is 13.0. The van der Waals surface area contributed by atoms with E-state index in [1.807, 2.05) is 0 Å². The highest BCUT2D eigenvalue weighted by molar-refractivity contribution is 6.07. The van der Waals surface area contributed by atoms with Crippen molar-refractivity contribution in [2.24, 2.45) is 0 Å². The van der Waals surface area contributed by atoms with Gasteiger partial charge >= 0.3 is 5.69 Å². The molecule has 1 rings (SSSR count). The summed E-state index contributed by atoms with van der Waals surface area (Å²) in [5.74, 6) is -1.37. The lowest BCUT2D eigenvalue weighted by Crippen LogP contribution is -1.99. The van der Waals surface area contributed by atoms with Crippen LogP contribution in [0.4, 0.5) is 10.1 Å². The summed E-state index contributed by atoms with van der Waals surface area (Å²) in [7, 11) is 0. The number of carbonyl (C=O) groups excluding carboxylic acids is 1. The van der Waals surface area contributed by atoms with Gasteiger partial charge in [0.2, 0.25) is 5.75 Å². The van der Waals surface area contributed by atoms with E-state index >= 15 is 0 Å². The molecule has 0 spiro atoms. The summed E-state index contributed by atoms with van der Waals surface area (Å²) in [5.41, 5.74) is -0.283. The van der Waals surface area contributed by atoms with E-state index in [0.717, 1.165) is 18.2 Å². The van der Waals surface area contributed by atoms with Crippen molar-refractivity contribution in [1.29, 1.82) is 0 Å². The van der Waals surface area contributed by atoms with E-state index in [9.17, 15) is 24.4 Å². The predicted octanol–water partition coefficient (Wildman–Crippen LogP) is 2.32. The van der Waals surface area contributed by atoms with Gasteiger partial charge in [-0.15, -0.1) is 0 Å². The maximum Gasteiger partial charge on any atom is 0.311 e. The first-order valence-corrected chi connectivity index (χ1v) is 4.72. The van der Waals surface area contributed by atoms with E-state index in [1.165, 1.54) is 6.07 Å². The molecule has 0 aliphatic heterocycles. The molecule has 17 heavy (non-hydrogen) atoms. The van der Waals surface area contributed by atoms with Crippen LogP contribution in [0.1, 0.15) is 15.9 Å². The Balaban J connectivity index is 3.29. The number of benzene rings is 1. The predicted molar refractivity (Wildman–Crippen MR) is 58.9 cm³/mol. The van der Waals surface area contributed by atoms with Crippen molar-refractivity contribution in [3.05, 3.63) is 45.5 Å². The number of nitrogens with zero attached hydrogens (tertiary/aromatic N) is 1. The quantitative estimate of drug-likeness (QED) is 0.378. The molecule has 0 fully saturated rings. The van der Waals surface area contributed by atoms with Crippen LogP contribution < -0.4 is 0 Å². The Kier molecular flexibility index (Phi) is 3.92. The zero-order valence-corrected chi connectivity index (χ0v) is 9.01. The largest absolute Gasteiger partial charge is 0.502 e. The van der Waals surface area contributed by atoms with E-state index in [1.54, 1.807) is 6.92 Å². The number of alkyl halides is 1. The molecule has 0 atom stereocenters. The van der Waals surface area contributed by atoms with Crippen molar-refractivity contribution >= 4 is 11.5 Å². The van der Waals surface area contributed by atoms with E-state index in [-0.39, 0.29) is 5.56 Å². The average molecular weight is 239 g/mol. The standard InChI is InChI=1S/C11H10FNO4/c1-7-5-8(10(14)3-2-4-12)11(15)9(6-7)13(16)17/h2-3,5-6,15H,4H2,1H3/b3-2+. The molecule has 1 N–H and O–H groups in total. The lowest BCUT2D eigenvalue weighted by molar-refractivity contribution is -0.385. The Morgan fingerprint density at radius 2 is 2.24 bits per heavy atom. The topological polar surface area (TPSA) is 80.4 Å². The summed E-state index contributed by atoms with van der Waals surface area (Å²) in [6, 6.07) is 2.47. The fraction of sp³-hybridized carbons (Fsp3) is 0.182. The van der Waals surface area contributed by atoms with Crippen molar-refractivity contribution in [2.75, 3.05) is 6.67 Å². The monoisotopic (exact) mass is 239 g/mol. The minimum absolute atomic E-state index is 0.207. The molecule has 0 saturated carbocycles. The first kappa shape index (κ1) is 12.8. The molecule has 0 heterocycles. The highest BCUT2D eigenvalue weighted by Crippen LogP contribution is 2.31. The third-order valence-electron chi connectivity index (χ3n) is 2.05. The number of nitro groups is 1. The number of halogens is 1. The normalized spacial score (nSPS) is 10.7. The van der Waals surface area contributed by atoms with E-state index in [2.05, 4.69) is 0 Å². The Morgan fingerprint density at radius 1 is 1.59 bits per heavy atom. The minimum Gasteiger partial charge on any atom is -0.502 e. The van der Waals surface area contributed by atoms with Crippen LogP contribution in [-0.2, 0) is 0 Å². The van der Waals surface area contributed by atoms with Crippen molar-refractivity contribution in [2.45, 2.75) is 6.92 Å². The van der Waals surface area contributed by atoms with Gasteiger partial charge in [0.15, 0.2) is 5.78 Å². The Morgan fingerprint density at radius 3 is 2.76 bits per heavy atom. The first-order valence-electron chi connectivity index (χ1n) is 4.72. The minimum atomic E-state index is -0.819. The van der Waals surface area contributed by atoms with Gasteiger partial charge in [-0.1, -0.05) is 0 Å². The number of ketones is 1. The van der Waals surface area contributed by atoms with Crippen LogP contribution in [0.3, 0.4) is 0 Å². The zero-order valence-electron chi connectivity index (χ0n) is 9.01. The van der Waals surface area contributed by atoms with Gasteiger partial charge < -0.3 is 5.11 Å². The van der Waals surface area contributed by atoms with E-state index < -0.39 is 28.8 Å². The van der Waals surface area contributed by atoms with Crippen LogP contribution in [0, 0.1) is 17.0 Å². The lowest BCUT2D eigenvalue weighted by Gasteiger charge is -2.03. The number of hydrogen-bond acceptors (Lipinski definition) is 4. The van der Waals surface area contributed by atoms with Gasteiger partial charge in [0, 0.05) is 6.07 Å². The highest BCUT2D eigenvalue weighted by Gasteiger charge is 2.20. The van der Waals surface area contributed by atoms with Crippen LogP contribution in [-0.4, -0.2) is 22.5 Å². The van der Waals surface area contributed by atoms with Crippen molar-refractivity contribution < 1.29 is 19.2 Å². The molecule has 90 valence electrons. The third kappa shape index (κ3) is 2.87. The van der Waals surface area contributed by atoms with Gasteiger partial charge in [0.25, 0.3) is 0 Å². The van der Waals surface area contributed by atoms with Gasteiger partial charge in [-0.05, 0) is 30.7 Å². The summed E-state index contributed by atoms with van der Waals surface area (Å²) < 4.78 is 11.8. The first-order chi connectivity index (χ1) is 7.97. The molecule has 0 saturated heterocycles. The van der Waals surface area contributed by atoms with Crippen LogP contribution in [0.5, 0.6) is 5.75 Å². The van der Waals surface area contributed by atoms with Crippen molar-refractivity contribution in [3.63, 3.8) is 0 Å². The van der Waals surface area contributed by atoms with Crippen molar-refractivity contribution in [1.82, 2.24) is 0 Å². The highest BCUT2D eigenvalue weighted by atomic mass is 19.1. The second-order valence-corrected chi connectivity index (χ2v) is 3.36. The Labute approximate surface area is 96.3 Å². The maximum atomic E-state index is 11.8. The summed E-state index contributed by atoms with van der Waals surface area (Å²) >= 11 is 0. The summed E-state index contributed by atoms with van der Waals surface area (Å²) in [6.45, 7) is 0.739. The molecule has 5 nitrogen and oxygen atoms in total. The van der Waals surface area contributed by atoms with Crippen molar-refractivity contribution in [3.8, 4) is 5.75 Å². The third-order valence-corrected chi connectivity index (χ3v) is 2.05. The molecule has 0 radical (unpaired) electrons. The van der Waals surface area contributed by atoms with Crippen LogP contribution in [0.25, 0.3) is 0 Å². The van der Waals surface area contributed by atoms with Gasteiger partial charge in [0.05, 0.1) is 10.5 Å². The van der Waals surface area contributed by atoms with Crippen LogP contribution in [0.15, 0.2) is 24.3 Å². The number of rotatable bonds is 4. The molecule has 1 aromatic carbocycles. The molecular formula is C11H10FNO4. The number of phenolic OH excluding ortho intramolecular Hbond substituents is 1. The number of hydrogen-bond donors (Lipinski definition) is 1.